The van der Waals surface area contributed by atoms with Gasteiger partial charge in [-0.1, -0.05) is 178 Å². The van der Waals surface area contributed by atoms with Crippen LogP contribution in [-0.2, 0) is 0 Å². The van der Waals surface area contributed by atoms with Crippen molar-refractivity contribution in [1.82, 2.24) is 4.98 Å². The Morgan fingerprint density at radius 2 is 1.04 bits per heavy atom. The Kier molecular flexibility index (Phi) is 8.38. The second-order valence-corrected chi connectivity index (χ2v) is 14.4. The highest BCUT2D eigenvalue weighted by molar-refractivity contribution is 6.16. The Balaban J connectivity index is 0.00000189. The van der Waals surface area contributed by atoms with Gasteiger partial charge in [-0.15, -0.1) is 0 Å². The summed E-state index contributed by atoms with van der Waals surface area (Å²) in [5.74, 6) is 0. The highest BCUT2D eigenvalue weighted by atomic mass is 14.9. The van der Waals surface area contributed by atoms with Crippen LogP contribution < -0.4 is 5.32 Å². The van der Waals surface area contributed by atoms with Crippen molar-refractivity contribution in [3.8, 4) is 33.5 Å². The number of hydrogen-bond donors (Lipinski definition) is 1. The smallest absolute Gasteiger partial charge is 0.0794 e. The standard InChI is InChI=1S/C52H34N2.C2H6/c1-3-13-37-29-39(27-21-33(37)11-1)46-32-50(40-28-22-34-12-2-4-14-38(34)30-40)54-52-42-16-6-5-15-41(42)45(31-47(46)52)35-23-25-36(26-24-35)51-43-17-7-9-19-48(43)53-49-20-10-8-18-44(49)51;1-2/h1-32,48,53H;1-2H3. The van der Waals surface area contributed by atoms with Crippen LogP contribution in [-0.4, -0.2) is 11.0 Å². The molecule has 8 aromatic carbocycles. The minimum absolute atomic E-state index is 0.157. The number of nitrogens with zero attached hydrogens (tertiary/aromatic N) is 1. The lowest BCUT2D eigenvalue weighted by molar-refractivity contribution is 1.03. The molecule has 0 radical (unpaired) electrons. The van der Waals surface area contributed by atoms with Crippen molar-refractivity contribution >= 4 is 54.5 Å². The van der Waals surface area contributed by atoms with Gasteiger partial charge in [0.2, 0.25) is 0 Å². The Morgan fingerprint density at radius 1 is 0.446 bits per heavy atom. The van der Waals surface area contributed by atoms with E-state index in [1.54, 1.807) is 0 Å². The SMILES string of the molecule is C1=CC2=C(c3ccc(-c4cc5c(-c6ccc7ccccc7c6)cc(-c6ccc7ccccc7c6)nc5c5ccccc45)cc3)c3ccccc3NC2C=C1.CC. The first-order valence-corrected chi connectivity index (χ1v) is 19.7. The summed E-state index contributed by atoms with van der Waals surface area (Å²) in [5, 5.41) is 12.1. The van der Waals surface area contributed by atoms with Gasteiger partial charge in [-0.3, -0.25) is 0 Å². The third-order valence-corrected chi connectivity index (χ3v) is 11.2. The molecule has 1 atom stereocenters. The van der Waals surface area contributed by atoms with Crippen molar-refractivity contribution in [2.24, 2.45) is 0 Å². The first kappa shape index (κ1) is 33.5. The molecule has 0 saturated heterocycles. The monoisotopic (exact) mass is 716 g/mol. The molecule has 2 nitrogen and oxygen atoms in total. The fraction of sp³-hybridized carbons (Fsp3) is 0.0556. The number of fused-ring (bicyclic) bond motifs is 7. The number of anilines is 1. The van der Waals surface area contributed by atoms with Gasteiger partial charge in [0.05, 0.1) is 17.3 Å². The van der Waals surface area contributed by atoms with E-state index in [9.17, 15) is 0 Å². The number of aromatic nitrogens is 1. The van der Waals surface area contributed by atoms with Gasteiger partial charge in [-0.25, -0.2) is 4.98 Å². The molecule has 2 aliphatic rings. The van der Waals surface area contributed by atoms with E-state index in [1.807, 2.05) is 13.8 Å². The average molecular weight is 717 g/mol. The zero-order valence-corrected chi connectivity index (χ0v) is 31.5. The van der Waals surface area contributed by atoms with Crippen molar-refractivity contribution in [2.45, 2.75) is 19.9 Å². The lowest BCUT2D eigenvalue weighted by Gasteiger charge is -2.31. The Morgan fingerprint density at radius 3 is 1.80 bits per heavy atom. The Bertz CT molecular complexity index is 3070. The second kappa shape index (κ2) is 14.0. The van der Waals surface area contributed by atoms with Gasteiger partial charge in [0.25, 0.3) is 0 Å². The lowest BCUT2D eigenvalue weighted by atomic mass is 9.83. The van der Waals surface area contributed by atoms with Gasteiger partial charge < -0.3 is 5.32 Å². The number of rotatable bonds is 4. The van der Waals surface area contributed by atoms with E-state index in [-0.39, 0.29) is 6.04 Å². The molecule has 2 heteroatoms. The topological polar surface area (TPSA) is 24.9 Å². The van der Waals surface area contributed by atoms with E-state index in [1.165, 1.54) is 77.1 Å². The summed E-state index contributed by atoms with van der Waals surface area (Å²) < 4.78 is 0. The van der Waals surface area contributed by atoms with Gasteiger partial charge in [0.1, 0.15) is 0 Å². The molecule has 2 heterocycles. The minimum atomic E-state index is 0.157. The number of pyridine rings is 1. The largest absolute Gasteiger partial charge is 0.374 e. The van der Waals surface area contributed by atoms with E-state index in [2.05, 4.69) is 199 Å². The molecule has 0 saturated carbocycles. The molecule has 0 spiro atoms. The molecule has 0 bridgehead atoms. The molecule has 1 aliphatic heterocycles. The van der Waals surface area contributed by atoms with Crippen molar-refractivity contribution in [1.29, 1.82) is 0 Å². The molecule has 9 aromatic rings. The number of allylic oxidation sites excluding steroid dienone is 2. The predicted octanol–water partition coefficient (Wildman–Crippen LogP) is 14.4. The van der Waals surface area contributed by atoms with Crippen LogP contribution in [0, 0.1) is 0 Å². The first-order chi connectivity index (χ1) is 27.7. The number of benzene rings is 8. The van der Waals surface area contributed by atoms with Crippen LogP contribution in [0.15, 0.2) is 200 Å². The van der Waals surface area contributed by atoms with E-state index in [0.29, 0.717) is 0 Å². The molecule has 56 heavy (non-hydrogen) atoms. The van der Waals surface area contributed by atoms with Crippen LogP contribution in [0.25, 0.3) is 82.3 Å². The van der Waals surface area contributed by atoms with Gasteiger partial charge >= 0.3 is 0 Å². The molecular formula is C54H40N2. The maximum Gasteiger partial charge on any atom is 0.0794 e. The highest BCUT2D eigenvalue weighted by Crippen LogP contribution is 2.43. The summed E-state index contributed by atoms with van der Waals surface area (Å²) in [6, 6.07) is 62.1. The zero-order chi connectivity index (χ0) is 37.6. The van der Waals surface area contributed by atoms with Gasteiger partial charge in [0.15, 0.2) is 0 Å². The summed E-state index contributed by atoms with van der Waals surface area (Å²) in [7, 11) is 0. The number of hydrogen-bond acceptors (Lipinski definition) is 2. The lowest BCUT2D eigenvalue weighted by Crippen LogP contribution is -2.25. The van der Waals surface area contributed by atoms with E-state index < -0.39 is 0 Å². The van der Waals surface area contributed by atoms with Crippen molar-refractivity contribution < 1.29 is 0 Å². The van der Waals surface area contributed by atoms with Gasteiger partial charge in [-0.05, 0) is 96.2 Å². The third kappa shape index (κ3) is 5.70. The molecule has 1 aromatic heterocycles. The van der Waals surface area contributed by atoms with Crippen LogP contribution in [0.1, 0.15) is 25.0 Å². The van der Waals surface area contributed by atoms with Gasteiger partial charge in [0, 0.05) is 27.6 Å². The van der Waals surface area contributed by atoms with Crippen molar-refractivity contribution in [3.05, 3.63) is 211 Å². The normalized spacial score (nSPS) is 14.4. The molecule has 0 amide bonds. The Hall–Kier alpha value is -7.03. The quantitative estimate of drug-likeness (QED) is 0.183. The summed E-state index contributed by atoms with van der Waals surface area (Å²) in [6.45, 7) is 4.00. The van der Waals surface area contributed by atoms with E-state index in [0.717, 1.165) is 27.5 Å². The fourth-order valence-electron chi connectivity index (χ4n) is 8.58. The molecule has 1 N–H and O–H groups in total. The molecule has 1 unspecified atom stereocenters. The molecule has 266 valence electrons. The molecule has 0 fully saturated rings. The second-order valence-electron chi connectivity index (χ2n) is 14.4. The van der Waals surface area contributed by atoms with E-state index in [4.69, 9.17) is 4.98 Å². The minimum Gasteiger partial charge on any atom is -0.374 e. The summed E-state index contributed by atoms with van der Waals surface area (Å²) in [6.07, 6.45) is 8.77. The number of para-hydroxylation sites is 1. The number of nitrogens with one attached hydrogen (secondary N) is 1. The maximum absolute atomic E-state index is 5.47. The third-order valence-electron chi connectivity index (χ3n) is 11.2. The zero-order valence-electron chi connectivity index (χ0n) is 31.5. The first-order valence-electron chi connectivity index (χ1n) is 19.7. The fourth-order valence-corrected chi connectivity index (χ4v) is 8.58. The van der Waals surface area contributed by atoms with Crippen LogP contribution in [0.4, 0.5) is 5.69 Å². The van der Waals surface area contributed by atoms with Crippen LogP contribution in [0.2, 0.25) is 0 Å². The average Bonchev–Trinajstić information content (AvgIpc) is 3.28. The van der Waals surface area contributed by atoms with Gasteiger partial charge in [-0.2, -0.15) is 0 Å². The Labute approximate surface area is 327 Å². The molecule has 11 rings (SSSR count). The van der Waals surface area contributed by atoms with Crippen LogP contribution >= 0.6 is 0 Å². The van der Waals surface area contributed by atoms with Crippen molar-refractivity contribution in [2.75, 3.05) is 5.32 Å². The highest BCUT2D eigenvalue weighted by Gasteiger charge is 2.26. The molecular weight excluding hydrogens is 677 g/mol. The summed E-state index contributed by atoms with van der Waals surface area (Å²) in [5.41, 5.74) is 14.1. The summed E-state index contributed by atoms with van der Waals surface area (Å²) in [4.78, 5) is 5.47. The van der Waals surface area contributed by atoms with Crippen LogP contribution in [0.3, 0.4) is 0 Å². The van der Waals surface area contributed by atoms with Crippen LogP contribution in [0.5, 0.6) is 0 Å². The van der Waals surface area contributed by atoms with Crippen molar-refractivity contribution in [3.63, 3.8) is 0 Å². The maximum atomic E-state index is 5.47. The molecule has 1 aliphatic carbocycles. The predicted molar refractivity (Wildman–Crippen MR) is 240 cm³/mol. The summed E-state index contributed by atoms with van der Waals surface area (Å²) >= 11 is 0. The van der Waals surface area contributed by atoms with E-state index >= 15 is 0 Å².